The van der Waals surface area contributed by atoms with E-state index in [0.29, 0.717) is 11.1 Å². The fourth-order valence-electron chi connectivity index (χ4n) is 1.48. The van der Waals surface area contributed by atoms with Crippen molar-refractivity contribution >= 4 is 11.7 Å². The molecule has 0 saturated carbocycles. The number of nitriles is 1. The normalized spacial score (nSPS) is 9.56. The lowest BCUT2D eigenvalue weighted by molar-refractivity contribution is 0.102. The smallest absolute Gasteiger partial charge is 0.256 e. The summed E-state index contributed by atoms with van der Waals surface area (Å²) in [7, 11) is 0. The molecule has 0 spiro atoms. The molecule has 1 N–H and O–H groups in total. The molecule has 1 amide bonds. The molecule has 4 nitrogen and oxygen atoms in total. The lowest BCUT2D eigenvalue weighted by Gasteiger charge is -2.05. The minimum absolute atomic E-state index is 0.273. The lowest BCUT2D eigenvalue weighted by atomic mass is 10.1. The molecule has 0 atom stereocenters. The number of hydrogen-bond donors (Lipinski definition) is 1. The largest absolute Gasteiger partial charge is 0.305 e. The first-order valence-corrected chi connectivity index (χ1v) is 5.44. The highest BCUT2D eigenvalue weighted by Gasteiger charge is 2.09. The van der Waals surface area contributed by atoms with Gasteiger partial charge in [-0.15, -0.1) is 0 Å². The summed E-state index contributed by atoms with van der Waals surface area (Å²) in [5.74, 6) is 0.00998. The lowest BCUT2D eigenvalue weighted by Crippen LogP contribution is -2.13. The van der Waals surface area contributed by atoms with E-state index in [1.807, 2.05) is 25.1 Å². The molecular weight excluding hydrogens is 226 g/mol. The summed E-state index contributed by atoms with van der Waals surface area (Å²) < 4.78 is 0. The molecular formula is C14H11N3O. The van der Waals surface area contributed by atoms with Gasteiger partial charge in [-0.3, -0.25) is 4.79 Å². The predicted octanol–water partition coefficient (Wildman–Crippen LogP) is 2.51. The summed E-state index contributed by atoms with van der Waals surface area (Å²) in [5.41, 5.74) is 1.97. The summed E-state index contributed by atoms with van der Waals surface area (Å²) in [6.45, 7) is 1.95. The fourth-order valence-corrected chi connectivity index (χ4v) is 1.48. The molecule has 0 saturated heterocycles. The van der Waals surface area contributed by atoms with Gasteiger partial charge in [0.05, 0.1) is 5.56 Å². The van der Waals surface area contributed by atoms with Gasteiger partial charge in [0.1, 0.15) is 6.07 Å². The van der Waals surface area contributed by atoms with Gasteiger partial charge in [0.2, 0.25) is 0 Å². The van der Waals surface area contributed by atoms with Gasteiger partial charge in [0.15, 0.2) is 5.82 Å². The molecule has 88 valence electrons. The van der Waals surface area contributed by atoms with Gasteiger partial charge in [-0.1, -0.05) is 17.7 Å². The molecule has 18 heavy (non-hydrogen) atoms. The Kier molecular flexibility index (Phi) is 3.35. The van der Waals surface area contributed by atoms with E-state index in [1.54, 1.807) is 24.3 Å². The molecule has 4 heteroatoms. The standard InChI is InChI=1S/C14H11N3O/c1-10-4-6-11(7-5-10)14(18)17-13-12(9-15)3-2-8-16-13/h2-8H,1H3,(H,16,17,18). The first-order valence-electron chi connectivity index (χ1n) is 5.44. The summed E-state index contributed by atoms with van der Waals surface area (Å²) in [6, 6.07) is 12.4. The number of nitrogens with zero attached hydrogens (tertiary/aromatic N) is 2. The number of rotatable bonds is 2. The Balaban J connectivity index is 2.22. The van der Waals surface area contributed by atoms with Crippen molar-refractivity contribution in [1.29, 1.82) is 5.26 Å². The average Bonchev–Trinajstić information content (AvgIpc) is 2.40. The van der Waals surface area contributed by atoms with E-state index >= 15 is 0 Å². The molecule has 1 heterocycles. The number of hydrogen-bond acceptors (Lipinski definition) is 3. The summed E-state index contributed by atoms with van der Waals surface area (Å²) >= 11 is 0. The number of carbonyl (C=O) groups excluding carboxylic acids is 1. The minimum atomic E-state index is -0.273. The van der Waals surface area contributed by atoms with E-state index in [2.05, 4.69) is 10.3 Å². The van der Waals surface area contributed by atoms with E-state index in [4.69, 9.17) is 5.26 Å². The third kappa shape index (κ3) is 2.53. The maximum Gasteiger partial charge on any atom is 0.256 e. The van der Waals surface area contributed by atoms with Crippen LogP contribution >= 0.6 is 0 Å². The van der Waals surface area contributed by atoms with Crippen molar-refractivity contribution < 1.29 is 4.79 Å². The Morgan fingerprint density at radius 1 is 1.28 bits per heavy atom. The van der Waals surface area contributed by atoms with Crippen molar-refractivity contribution in [1.82, 2.24) is 4.98 Å². The quantitative estimate of drug-likeness (QED) is 0.872. The first kappa shape index (κ1) is 11.8. The molecule has 1 aromatic carbocycles. The topological polar surface area (TPSA) is 65.8 Å². The van der Waals surface area contributed by atoms with Gasteiger partial charge in [-0.05, 0) is 31.2 Å². The zero-order valence-corrected chi connectivity index (χ0v) is 9.84. The van der Waals surface area contributed by atoms with E-state index in [1.165, 1.54) is 6.20 Å². The summed E-state index contributed by atoms with van der Waals surface area (Å²) in [5, 5.41) is 11.5. The molecule has 0 unspecified atom stereocenters. The number of carbonyl (C=O) groups is 1. The van der Waals surface area contributed by atoms with Crippen LogP contribution in [0.4, 0.5) is 5.82 Å². The Hall–Kier alpha value is -2.67. The van der Waals surface area contributed by atoms with Crippen LogP contribution in [0.3, 0.4) is 0 Å². The predicted molar refractivity (Wildman–Crippen MR) is 68.1 cm³/mol. The van der Waals surface area contributed by atoms with Crippen LogP contribution in [-0.2, 0) is 0 Å². The SMILES string of the molecule is Cc1ccc(C(=O)Nc2ncccc2C#N)cc1. The van der Waals surface area contributed by atoms with Crippen LogP contribution in [0.25, 0.3) is 0 Å². The van der Waals surface area contributed by atoms with Crippen molar-refractivity contribution in [2.45, 2.75) is 6.92 Å². The number of pyridine rings is 1. The highest BCUT2D eigenvalue weighted by atomic mass is 16.1. The van der Waals surface area contributed by atoms with Crippen molar-refractivity contribution in [2.24, 2.45) is 0 Å². The van der Waals surface area contributed by atoms with E-state index in [0.717, 1.165) is 5.56 Å². The van der Waals surface area contributed by atoms with E-state index in [-0.39, 0.29) is 11.7 Å². The second-order valence-corrected chi connectivity index (χ2v) is 3.83. The van der Waals surface area contributed by atoms with E-state index < -0.39 is 0 Å². The van der Waals surface area contributed by atoms with Gasteiger partial charge in [-0.2, -0.15) is 5.26 Å². The van der Waals surface area contributed by atoms with Crippen LogP contribution in [0, 0.1) is 18.3 Å². The molecule has 1 aromatic heterocycles. The van der Waals surface area contributed by atoms with Gasteiger partial charge in [0, 0.05) is 11.8 Å². The molecule has 0 bridgehead atoms. The number of nitrogens with one attached hydrogen (secondary N) is 1. The summed E-state index contributed by atoms with van der Waals surface area (Å²) in [4.78, 5) is 15.9. The molecule has 0 aliphatic rings. The number of anilines is 1. The maximum absolute atomic E-state index is 11.9. The Bertz CT molecular complexity index is 612. The molecule has 0 aliphatic carbocycles. The zero-order valence-electron chi connectivity index (χ0n) is 9.84. The van der Waals surface area contributed by atoms with Crippen molar-refractivity contribution in [3.63, 3.8) is 0 Å². The van der Waals surface area contributed by atoms with Crippen LogP contribution in [0.15, 0.2) is 42.6 Å². The van der Waals surface area contributed by atoms with Gasteiger partial charge < -0.3 is 5.32 Å². The van der Waals surface area contributed by atoms with Crippen LogP contribution in [0.1, 0.15) is 21.5 Å². The van der Waals surface area contributed by atoms with Gasteiger partial charge in [0.25, 0.3) is 5.91 Å². The minimum Gasteiger partial charge on any atom is -0.305 e. The number of benzene rings is 1. The molecule has 0 aliphatic heterocycles. The van der Waals surface area contributed by atoms with Crippen LogP contribution in [0.2, 0.25) is 0 Å². The molecule has 2 rings (SSSR count). The molecule has 0 fully saturated rings. The fraction of sp³-hybridized carbons (Fsp3) is 0.0714. The number of amides is 1. The highest BCUT2D eigenvalue weighted by molar-refractivity contribution is 6.04. The maximum atomic E-state index is 11.9. The van der Waals surface area contributed by atoms with Gasteiger partial charge in [-0.25, -0.2) is 4.98 Å². The Labute approximate surface area is 105 Å². The number of aromatic nitrogens is 1. The van der Waals surface area contributed by atoms with Crippen molar-refractivity contribution in [3.8, 4) is 6.07 Å². The summed E-state index contributed by atoms with van der Waals surface area (Å²) in [6.07, 6.45) is 1.53. The molecule has 0 radical (unpaired) electrons. The van der Waals surface area contributed by atoms with Crippen molar-refractivity contribution in [3.05, 3.63) is 59.3 Å². The van der Waals surface area contributed by atoms with Crippen LogP contribution < -0.4 is 5.32 Å². The third-order valence-electron chi connectivity index (χ3n) is 2.47. The monoisotopic (exact) mass is 237 g/mol. The van der Waals surface area contributed by atoms with Crippen LogP contribution in [0.5, 0.6) is 0 Å². The number of aryl methyl sites for hydroxylation is 1. The second kappa shape index (κ2) is 5.11. The second-order valence-electron chi connectivity index (χ2n) is 3.83. The highest BCUT2D eigenvalue weighted by Crippen LogP contribution is 2.12. The van der Waals surface area contributed by atoms with Gasteiger partial charge >= 0.3 is 0 Å². The third-order valence-corrected chi connectivity index (χ3v) is 2.47. The molecule has 2 aromatic rings. The Morgan fingerprint density at radius 2 is 2.00 bits per heavy atom. The van der Waals surface area contributed by atoms with Crippen LogP contribution in [-0.4, -0.2) is 10.9 Å². The average molecular weight is 237 g/mol. The van der Waals surface area contributed by atoms with Crippen molar-refractivity contribution in [2.75, 3.05) is 5.32 Å². The first-order chi connectivity index (χ1) is 8.70. The zero-order chi connectivity index (χ0) is 13.0. The van der Waals surface area contributed by atoms with E-state index in [9.17, 15) is 4.79 Å². The Morgan fingerprint density at radius 3 is 2.67 bits per heavy atom.